The number of esters is 1. The molecule has 9 heteroatoms. The van der Waals surface area contributed by atoms with Crippen LogP contribution in [-0.2, 0) is 19.1 Å². The van der Waals surface area contributed by atoms with Crippen LogP contribution in [0.4, 0.5) is 5.69 Å². The lowest BCUT2D eigenvalue weighted by atomic mass is 10.1. The van der Waals surface area contributed by atoms with E-state index in [1.54, 1.807) is 6.07 Å². The average molecular weight is 453 g/mol. The molecule has 2 aromatic rings. The lowest BCUT2D eigenvalue weighted by molar-refractivity contribution is -0.150. The highest BCUT2D eigenvalue weighted by atomic mass is 35.5. The van der Waals surface area contributed by atoms with E-state index in [-0.39, 0.29) is 23.2 Å². The van der Waals surface area contributed by atoms with E-state index in [1.165, 1.54) is 12.1 Å². The van der Waals surface area contributed by atoms with Gasteiger partial charge in [-0.2, -0.15) is 0 Å². The van der Waals surface area contributed by atoms with Crippen molar-refractivity contribution in [1.29, 1.82) is 0 Å². The molecule has 0 heterocycles. The number of amides is 2. The Labute approximate surface area is 184 Å². The SMILES string of the molecule is Cc1cc(C)c(NC(=O)CNC(=O)COC(=O)COc2ccc(Cl)cc2Cl)c(C)c1. The average Bonchev–Trinajstić information content (AvgIpc) is 2.66. The van der Waals surface area contributed by atoms with Crippen LogP contribution in [0, 0.1) is 20.8 Å². The minimum absolute atomic E-state index is 0.248. The first-order chi connectivity index (χ1) is 14.2. The number of carbonyl (C=O) groups excluding carboxylic acids is 3. The van der Waals surface area contributed by atoms with Gasteiger partial charge in [0.05, 0.1) is 11.6 Å². The fourth-order valence-corrected chi connectivity index (χ4v) is 3.17. The summed E-state index contributed by atoms with van der Waals surface area (Å²) in [6.45, 7) is 4.55. The summed E-state index contributed by atoms with van der Waals surface area (Å²) in [5.74, 6) is -1.49. The first-order valence-corrected chi connectivity index (χ1v) is 9.79. The minimum atomic E-state index is -0.758. The van der Waals surface area contributed by atoms with Gasteiger partial charge >= 0.3 is 5.97 Å². The fourth-order valence-electron chi connectivity index (χ4n) is 2.71. The van der Waals surface area contributed by atoms with Gasteiger partial charge in [-0.05, 0) is 50.1 Å². The molecule has 0 spiro atoms. The van der Waals surface area contributed by atoms with Gasteiger partial charge in [-0.3, -0.25) is 9.59 Å². The zero-order valence-electron chi connectivity index (χ0n) is 16.8. The van der Waals surface area contributed by atoms with Gasteiger partial charge in [0.1, 0.15) is 5.75 Å². The second-order valence-corrected chi connectivity index (χ2v) is 7.47. The van der Waals surface area contributed by atoms with Crippen LogP contribution < -0.4 is 15.4 Å². The molecule has 0 atom stereocenters. The van der Waals surface area contributed by atoms with Gasteiger partial charge in [0, 0.05) is 10.7 Å². The Morgan fingerprint density at radius 2 is 1.60 bits per heavy atom. The molecule has 0 saturated heterocycles. The lowest BCUT2D eigenvalue weighted by Crippen LogP contribution is -2.36. The van der Waals surface area contributed by atoms with E-state index < -0.39 is 25.1 Å². The van der Waals surface area contributed by atoms with Crippen LogP contribution >= 0.6 is 23.2 Å². The summed E-state index contributed by atoms with van der Waals surface area (Å²) in [6, 6.07) is 8.47. The van der Waals surface area contributed by atoms with Crippen LogP contribution in [0.15, 0.2) is 30.3 Å². The van der Waals surface area contributed by atoms with E-state index in [4.69, 9.17) is 32.7 Å². The Hall–Kier alpha value is -2.77. The van der Waals surface area contributed by atoms with Gasteiger partial charge in [0.25, 0.3) is 5.91 Å². The molecule has 0 aliphatic rings. The maximum Gasteiger partial charge on any atom is 0.344 e. The van der Waals surface area contributed by atoms with Gasteiger partial charge < -0.3 is 20.1 Å². The Balaban J connectivity index is 1.71. The summed E-state index contributed by atoms with van der Waals surface area (Å²) < 4.78 is 10.0. The van der Waals surface area contributed by atoms with E-state index >= 15 is 0 Å². The lowest BCUT2D eigenvalue weighted by Gasteiger charge is -2.13. The van der Waals surface area contributed by atoms with Gasteiger partial charge in [0.2, 0.25) is 5.91 Å². The van der Waals surface area contributed by atoms with E-state index in [0.29, 0.717) is 10.7 Å². The zero-order valence-corrected chi connectivity index (χ0v) is 18.3. The van der Waals surface area contributed by atoms with Crippen molar-refractivity contribution < 1.29 is 23.9 Å². The van der Waals surface area contributed by atoms with Crippen LogP contribution in [0.25, 0.3) is 0 Å². The first kappa shape index (κ1) is 23.5. The highest BCUT2D eigenvalue weighted by Gasteiger charge is 2.12. The summed E-state index contributed by atoms with van der Waals surface area (Å²) in [5.41, 5.74) is 3.67. The van der Waals surface area contributed by atoms with Crippen LogP contribution in [0.5, 0.6) is 5.75 Å². The van der Waals surface area contributed by atoms with Gasteiger partial charge in [-0.1, -0.05) is 40.9 Å². The van der Waals surface area contributed by atoms with Crippen molar-refractivity contribution in [2.75, 3.05) is 25.1 Å². The summed E-state index contributed by atoms with van der Waals surface area (Å²) in [4.78, 5) is 35.6. The number of halogens is 2. The number of anilines is 1. The number of hydrogen-bond donors (Lipinski definition) is 2. The van der Waals surface area contributed by atoms with Gasteiger partial charge in [0.15, 0.2) is 13.2 Å². The molecule has 0 aromatic heterocycles. The molecular formula is C21H22Cl2N2O5. The molecular weight excluding hydrogens is 431 g/mol. The Bertz CT molecular complexity index is 939. The number of rotatable bonds is 8. The highest BCUT2D eigenvalue weighted by molar-refractivity contribution is 6.35. The van der Waals surface area contributed by atoms with Crippen molar-refractivity contribution >= 4 is 46.7 Å². The number of carbonyl (C=O) groups is 3. The largest absolute Gasteiger partial charge is 0.480 e. The van der Waals surface area contributed by atoms with Crippen LogP contribution in [0.2, 0.25) is 10.0 Å². The Kier molecular flexibility index (Phi) is 8.50. The number of nitrogens with one attached hydrogen (secondary N) is 2. The first-order valence-electron chi connectivity index (χ1n) is 9.03. The molecule has 2 N–H and O–H groups in total. The number of hydrogen-bond acceptors (Lipinski definition) is 5. The van der Waals surface area contributed by atoms with Gasteiger partial charge in [-0.15, -0.1) is 0 Å². The monoisotopic (exact) mass is 452 g/mol. The smallest absolute Gasteiger partial charge is 0.344 e. The molecule has 0 radical (unpaired) electrons. The molecule has 0 aliphatic carbocycles. The normalized spacial score (nSPS) is 10.3. The second-order valence-electron chi connectivity index (χ2n) is 6.62. The van der Waals surface area contributed by atoms with E-state index in [0.717, 1.165) is 16.7 Å². The summed E-state index contributed by atoms with van der Waals surface area (Å²) in [7, 11) is 0. The molecule has 2 aromatic carbocycles. The number of ether oxygens (including phenoxy) is 2. The number of benzene rings is 2. The molecule has 0 bridgehead atoms. The maximum absolute atomic E-state index is 12.1. The molecule has 30 heavy (non-hydrogen) atoms. The van der Waals surface area contributed by atoms with Crippen molar-refractivity contribution in [3.63, 3.8) is 0 Å². The summed E-state index contributed by atoms with van der Waals surface area (Å²) in [5, 5.41) is 5.84. The van der Waals surface area contributed by atoms with Gasteiger partial charge in [-0.25, -0.2) is 4.79 Å². The molecule has 0 aliphatic heterocycles. The quantitative estimate of drug-likeness (QED) is 0.596. The predicted molar refractivity (Wildman–Crippen MR) is 115 cm³/mol. The predicted octanol–water partition coefficient (Wildman–Crippen LogP) is 3.60. The van der Waals surface area contributed by atoms with Crippen molar-refractivity contribution in [1.82, 2.24) is 5.32 Å². The van der Waals surface area contributed by atoms with Crippen molar-refractivity contribution in [2.24, 2.45) is 0 Å². The molecule has 2 amide bonds. The molecule has 0 saturated carbocycles. The fraction of sp³-hybridized carbons (Fsp3) is 0.286. The molecule has 160 valence electrons. The van der Waals surface area contributed by atoms with Crippen molar-refractivity contribution in [2.45, 2.75) is 20.8 Å². The second kappa shape index (κ2) is 10.8. The molecule has 2 rings (SSSR count). The summed E-state index contributed by atoms with van der Waals surface area (Å²) >= 11 is 11.7. The van der Waals surface area contributed by atoms with E-state index in [9.17, 15) is 14.4 Å². The molecule has 7 nitrogen and oxygen atoms in total. The Morgan fingerprint density at radius 3 is 2.23 bits per heavy atom. The molecule has 0 unspecified atom stereocenters. The maximum atomic E-state index is 12.1. The van der Waals surface area contributed by atoms with Crippen molar-refractivity contribution in [3.8, 4) is 5.75 Å². The molecule has 0 fully saturated rings. The van der Waals surface area contributed by atoms with E-state index in [1.807, 2.05) is 32.9 Å². The zero-order chi connectivity index (χ0) is 22.3. The van der Waals surface area contributed by atoms with Crippen LogP contribution in [0.3, 0.4) is 0 Å². The highest BCUT2D eigenvalue weighted by Crippen LogP contribution is 2.27. The standard InChI is InChI=1S/C21H22Cl2N2O5/c1-12-6-13(2)21(14(3)7-12)25-18(26)9-24-19(27)10-30-20(28)11-29-17-5-4-15(22)8-16(17)23/h4-8H,9-11H2,1-3H3,(H,24,27)(H,25,26). The third kappa shape index (κ3) is 7.24. The summed E-state index contributed by atoms with van der Waals surface area (Å²) in [6.07, 6.45) is 0. The van der Waals surface area contributed by atoms with Crippen LogP contribution in [-0.4, -0.2) is 37.5 Å². The van der Waals surface area contributed by atoms with Crippen molar-refractivity contribution in [3.05, 3.63) is 57.1 Å². The third-order valence-corrected chi connectivity index (χ3v) is 4.52. The number of aryl methyl sites for hydroxylation is 3. The topological polar surface area (TPSA) is 93.7 Å². The van der Waals surface area contributed by atoms with E-state index in [2.05, 4.69) is 10.6 Å². The third-order valence-electron chi connectivity index (χ3n) is 3.99. The van der Waals surface area contributed by atoms with Crippen LogP contribution in [0.1, 0.15) is 16.7 Å². The Morgan fingerprint density at radius 1 is 0.933 bits per heavy atom. The minimum Gasteiger partial charge on any atom is -0.480 e.